The van der Waals surface area contributed by atoms with Crippen LogP contribution in [-0.2, 0) is 0 Å². The topological polar surface area (TPSA) is 129 Å². The number of primary amides is 1. The molecule has 122 valence electrons. The average molecular weight is 322 g/mol. The molecule has 0 fully saturated rings. The number of benzene rings is 1. The van der Waals surface area contributed by atoms with Gasteiger partial charge in [-0.25, -0.2) is 9.18 Å². The van der Waals surface area contributed by atoms with Crippen LogP contribution in [-0.4, -0.2) is 35.2 Å². The molecule has 23 heavy (non-hydrogen) atoms. The largest absolute Gasteiger partial charge is 0.487 e. The van der Waals surface area contributed by atoms with Crippen molar-refractivity contribution in [2.75, 3.05) is 23.8 Å². The minimum absolute atomic E-state index is 0.00611. The van der Waals surface area contributed by atoms with Gasteiger partial charge in [0.2, 0.25) is 0 Å². The van der Waals surface area contributed by atoms with E-state index >= 15 is 0 Å². The molecule has 0 saturated carbocycles. The molecule has 2 aromatic rings. The first-order valence-electron chi connectivity index (χ1n) is 6.59. The van der Waals surface area contributed by atoms with E-state index in [9.17, 15) is 14.0 Å². The van der Waals surface area contributed by atoms with E-state index in [1.165, 1.54) is 12.3 Å². The number of aliphatic hydroxyl groups is 1. The first-order valence-corrected chi connectivity index (χ1v) is 6.59. The lowest BCUT2D eigenvalue weighted by atomic mass is 10.2. The summed E-state index contributed by atoms with van der Waals surface area (Å²) >= 11 is 0. The molecule has 0 aliphatic heterocycles. The van der Waals surface area contributed by atoms with Crippen LogP contribution in [0.5, 0.6) is 5.75 Å². The van der Waals surface area contributed by atoms with Crippen LogP contribution < -0.4 is 21.1 Å². The number of anilines is 2. The number of hydrogen-bond donors (Lipinski definition) is 5. The van der Waals surface area contributed by atoms with Gasteiger partial charge in [-0.05, 0) is 6.07 Å². The molecule has 0 saturated heterocycles. The van der Waals surface area contributed by atoms with Crippen LogP contribution in [0.15, 0.2) is 30.6 Å². The standard InChI is InChI=1S/C14H15FN4O4/c15-9-5-10(18-13(21)8-1-2-17-7-8)12(23-4-3-20)11(6-9)19-14(16)22/h1-2,5-7,17,20H,3-4H2,(H,18,21)(H3,16,19,22). The van der Waals surface area contributed by atoms with Crippen molar-refractivity contribution in [2.45, 2.75) is 0 Å². The number of hydrogen-bond acceptors (Lipinski definition) is 4. The Kier molecular flexibility index (Phi) is 5.15. The van der Waals surface area contributed by atoms with Crippen molar-refractivity contribution < 1.29 is 23.8 Å². The molecule has 0 spiro atoms. The second-order valence-corrected chi connectivity index (χ2v) is 4.45. The third kappa shape index (κ3) is 4.20. The van der Waals surface area contributed by atoms with Gasteiger partial charge in [-0.3, -0.25) is 4.79 Å². The highest BCUT2D eigenvalue weighted by molar-refractivity contribution is 6.06. The molecule has 0 bridgehead atoms. The highest BCUT2D eigenvalue weighted by atomic mass is 19.1. The van der Waals surface area contributed by atoms with Crippen LogP contribution in [0.1, 0.15) is 10.4 Å². The van der Waals surface area contributed by atoms with Crippen molar-refractivity contribution in [3.63, 3.8) is 0 Å². The molecule has 0 aliphatic carbocycles. The van der Waals surface area contributed by atoms with Crippen LogP contribution in [0.2, 0.25) is 0 Å². The predicted molar refractivity (Wildman–Crippen MR) is 80.9 cm³/mol. The summed E-state index contributed by atoms with van der Waals surface area (Å²) in [5.74, 6) is -1.23. The van der Waals surface area contributed by atoms with Crippen LogP contribution >= 0.6 is 0 Å². The van der Waals surface area contributed by atoms with Crippen LogP contribution in [0, 0.1) is 5.82 Å². The lowest BCUT2D eigenvalue weighted by Gasteiger charge is -2.16. The maximum Gasteiger partial charge on any atom is 0.316 e. The molecule has 0 atom stereocenters. The molecule has 3 amide bonds. The fraction of sp³-hybridized carbons (Fsp3) is 0.143. The average Bonchev–Trinajstić information content (AvgIpc) is 3.00. The molecule has 2 rings (SSSR count). The number of H-pyrrole nitrogens is 1. The number of ether oxygens (including phenoxy) is 1. The lowest BCUT2D eigenvalue weighted by Crippen LogP contribution is -2.21. The quantitative estimate of drug-likeness (QED) is 0.548. The van der Waals surface area contributed by atoms with Gasteiger partial charge < -0.3 is 31.2 Å². The number of aromatic amines is 1. The number of carbonyl (C=O) groups excluding carboxylic acids is 2. The van der Waals surface area contributed by atoms with Crippen LogP contribution in [0.25, 0.3) is 0 Å². The maximum atomic E-state index is 13.7. The van der Waals surface area contributed by atoms with Gasteiger partial charge in [0.05, 0.1) is 23.5 Å². The minimum Gasteiger partial charge on any atom is -0.487 e. The van der Waals surface area contributed by atoms with Crippen molar-refractivity contribution >= 4 is 23.3 Å². The number of amides is 3. The molecule has 1 aromatic heterocycles. The Bertz CT molecular complexity index is 703. The van der Waals surface area contributed by atoms with Crippen molar-refractivity contribution in [3.8, 4) is 5.75 Å². The SMILES string of the molecule is NC(=O)Nc1cc(F)cc(NC(=O)c2cc[nH]c2)c1OCCO. The molecule has 1 aromatic carbocycles. The highest BCUT2D eigenvalue weighted by Crippen LogP contribution is 2.35. The molecule has 6 N–H and O–H groups in total. The summed E-state index contributed by atoms with van der Waals surface area (Å²) in [7, 11) is 0. The maximum absolute atomic E-state index is 13.7. The van der Waals surface area contributed by atoms with Crippen molar-refractivity contribution in [1.82, 2.24) is 4.98 Å². The van der Waals surface area contributed by atoms with Gasteiger partial charge in [-0.15, -0.1) is 0 Å². The van der Waals surface area contributed by atoms with Gasteiger partial charge in [0, 0.05) is 24.5 Å². The zero-order chi connectivity index (χ0) is 16.8. The van der Waals surface area contributed by atoms with Gasteiger partial charge in [-0.1, -0.05) is 0 Å². The summed E-state index contributed by atoms with van der Waals surface area (Å²) < 4.78 is 19.0. The number of aliphatic hydroxyl groups excluding tert-OH is 1. The molecule has 9 heteroatoms. The van der Waals surface area contributed by atoms with Crippen LogP contribution in [0.3, 0.4) is 0 Å². The van der Waals surface area contributed by atoms with Gasteiger partial charge in [0.1, 0.15) is 12.4 Å². The number of nitrogens with one attached hydrogen (secondary N) is 3. The summed E-state index contributed by atoms with van der Waals surface area (Å²) in [6.07, 6.45) is 3.02. The summed E-state index contributed by atoms with van der Waals surface area (Å²) in [5.41, 5.74) is 5.29. The molecule has 8 nitrogen and oxygen atoms in total. The second-order valence-electron chi connectivity index (χ2n) is 4.45. The first-order chi connectivity index (χ1) is 11.0. The molecular weight excluding hydrogens is 307 g/mol. The van der Waals surface area contributed by atoms with E-state index in [1.807, 2.05) is 0 Å². The Balaban J connectivity index is 2.36. The van der Waals surface area contributed by atoms with Gasteiger partial charge in [-0.2, -0.15) is 0 Å². The fourth-order valence-electron chi connectivity index (χ4n) is 1.87. The number of aromatic nitrogens is 1. The van der Waals surface area contributed by atoms with E-state index in [0.717, 1.165) is 12.1 Å². The summed E-state index contributed by atoms with van der Waals surface area (Å²) in [6.45, 7) is -0.426. The second kappa shape index (κ2) is 7.27. The predicted octanol–water partition coefficient (Wildman–Crippen LogP) is 1.27. The van der Waals surface area contributed by atoms with E-state index in [-0.39, 0.29) is 30.3 Å². The monoisotopic (exact) mass is 322 g/mol. The molecule has 0 radical (unpaired) electrons. The third-order valence-electron chi connectivity index (χ3n) is 2.76. The van der Waals surface area contributed by atoms with Gasteiger partial charge >= 0.3 is 6.03 Å². The highest BCUT2D eigenvalue weighted by Gasteiger charge is 2.17. The Hall–Kier alpha value is -3.07. The lowest BCUT2D eigenvalue weighted by molar-refractivity contribution is 0.102. The normalized spacial score (nSPS) is 10.2. The number of halogens is 1. The van der Waals surface area contributed by atoms with Crippen molar-refractivity contribution in [2.24, 2.45) is 5.73 Å². The van der Waals surface area contributed by atoms with Crippen LogP contribution in [0.4, 0.5) is 20.6 Å². The zero-order valence-electron chi connectivity index (χ0n) is 11.9. The van der Waals surface area contributed by atoms with Crippen molar-refractivity contribution in [1.29, 1.82) is 0 Å². The number of carbonyl (C=O) groups is 2. The number of urea groups is 1. The van der Waals surface area contributed by atoms with E-state index in [1.54, 1.807) is 6.20 Å². The number of rotatable bonds is 6. The molecular formula is C14H15FN4O4. The van der Waals surface area contributed by atoms with E-state index < -0.39 is 17.8 Å². The van der Waals surface area contributed by atoms with E-state index in [4.69, 9.17) is 15.6 Å². The Morgan fingerprint density at radius 2 is 2.00 bits per heavy atom. The Morgan fingerprint density at radius 3 is 2.57 bits per heavy atom. The molecule has 0 unspecified atom stereocenters. The Labute approximate surface area is 130 Å². The summed E-state index contributed by atoms with van der Waals surface area (Å²) in [6, 6.07) is 2.63. The summed E-state index contributed by atoms with van der Waals surface area (Å²) in [4.78, 5) is 25.8. The number of nitrogens with two attached hydrogens (primary N) is 1. The van der Waals surface area contributed by atoms with Gasteiger partial charge in [0.25, 0.3) is 5.91 Å². The molecule has 1 heterocycles. The zero-order valence-corrected chi connectivity index (χ0v) is 11.9. The van der Waals surface area contributed by atoms with E-state index in [2.05, 4.69) is 15.6 Å². The third-order valence-corrected chi connectivity index (χ3v) is 2.76. The molecule has 0 aliphatic rings. The van der Waals surface area contributed by atoms with E-state index in [0.29, 0.717) is 5.56 Å². The first kappa shape index (κ1) is 16.3. The Morgan fingerprint density at radius 1 is 1.30 bits per heavy atom. The van der Waals surface area contributed by atoms with Crippen molar-refractivity contribution in [3.05, 3.63) is 42.0 Å². The fourth-order valence-corrected chi connectivity index (χ4v) is 1.87. The minimum atomic E-state index is -0.924. The van der Waals surface area contributed by atoms with Gasteiger partial charge in [0.15, 0.2) is 5.75 Å². The summed E-state index contributed by atoms with van der Waals surface area (Å²) in [5, 5.41) is 13.6. The smallest absolute Gasteiger partial charge is 0.316 e.